The second-order valence-electron chi connectivity index (χ2n) is 5.72. The maximum atomic E-state index is 12.6. The number of amides is 2. The van der Waals surface area contributed by atoms with Crippen LogP contribution in [0.2, 0.25) is 5.02 Å². The SMILES string of the molecule is COc1ccc(Cl)cc1NC(=O)C1CC(=O)N(c2cccc(Br)c2)C1. The summed E-state index contributed by atoms with van der Waals surface area (Å²) < 4.78 is 6.12. The number of carbonyl (C=O) groups excluding carboxylic acids is 2. The molecule has 25 heavy (non-hydrogen) atoms. The first-order valence-electron chi connectivity index (χ1n) is 7.68. The summed E-state index contributed by atoms with van der Waals surface area (Å²) in [6.07, 6.45) is 0.168. The molecule has 0 saturated carbocycles. The molecule has 0 aliphatic carbocycles. The van der Waals surface area contributed by atoms with Crippen molar-refractivity contribution in [3.05, 3.63) is 52.0 Å². The number of anilines is 2. The molecule has 1 aliphatic rings. The molecule has 0 spiro atoms. The van der Waals surface area contributed by atoms with Crippen molar-refractivity contribution in [3.8, 4) is 5.75 Å². The average molecular weight is 424 g/mol. The van der Waals surface area contributed by atoms with Gasteiger partial charge in [0, 0.05) is 28.1 Å². The van der Waals surface area contributed by atoms with Gasteiger partial charge >= 0.3 is 0 Å². The minimum Gasteiger partial charge on any atom is -0.495 e. The third-order valence-corrected chi connectivity index (χ3v) is 4.76. The molecule has 130 valence electrons. The van der Waals surface area contributed by atoms with E-state index in [-0.39, 0.29) is 18.2 Å². The summed E-state index contributed by atoms with van der Waals surface area (Å²) >= 11 is 9.38. The van der Waals surface area contributed by atoms with Gasteiger partial charge in [-0.15, -0.1) is 0 Å². The summed E-state index contributed by atoms with van der Waals surface area (Å²) in [4.78, 5) is 26.5. The lowest BCUT2D eigenvalue weighted by molar-refractivity contribution is -0.122. The number of hydrogen-bond donors (Lipinski definition) is 1. The molecule has 0 radical (unpaired) electrons. The molecular formula is C18H16BrClN2O3. The van der Waals surface area contributed by atoms with E-state index in [1.165, 1.54) is 7.11 Å². The van der Waals surface area contributed by atoms with E-state index >= 15 is 0 Å². The molecule has 7 heteroatoms. The molecule has 1 atom stereocenters. The first-order chi connectivity index (χ1) is 12.0. The molecule has 1 aliphatic heterocycles. The van der Waals surface area contributed by atoms with E-state index < -0.39 is 5.92 Å². The zero-order valence-electron chi connectivity index (χ0n) is 13.5. The van der Waals surface area contributed by atoms with E-state index in [2.05, 4.69) is 21.2 Å². The highest BCUT2D eigenvalue weighted by atomic mass is 79.9. The van der Waals surface area contributed by atoms with Crippen molar-refractivity contribution in [1.29, 1.82) is 0 Å². The summed E-state index contributed by atoms with van der Waals surface area (Å²) in [7, 11) is 1.52. The Balaban J connectivity index is 1.74. The van der Waals surface area contributed by atoms with Crippen LogP contribution in [0, 0.1) is 5.92 Å². The van der Waals surface area contributed by atoms with Crippen LogP contribution < -0.4 is 15.0 Å². The van der Waals surface area contributed by atoms with Gasteiger partial charge in [0.05, 0.1) is 18.7 Å². The molecule has 0 aromatic heterocycles. The number of hydrogen-bond acceptors (Lipinski definition) is 3. The van der Waals surface area contributed by atoms with Crippen molar-refractivity contribution >= 4 is 50.7 Å². The quantitative estimate of drug-likeness (QED) is 0.805. The fraction of sp³-hybridized carbons (Fsp3) is 0.222. The van der Waals surface area contributed by atoms with Gasteiger partial charge in [-0.2, -0.15) is 0 Å². The average Bonchev–Trinajstić information content (AvgIpc) is 2.97. The van der Waals surface area contributed by atoms with Crippen LogP contribution in [0.1, 0.15) is 6.42 Å². The lowest BCUT2D eigenvalue weighted by atomic mass is 10.1. The van der Waals surface area contributed by atoms with Crippen molar-refractivity contribution < 1.29 is 14.3 Å². The predicted octanol–water partition coefficient (Wildman–Crippen LogP) is 4.10. The number of nitrogens with zero attached hydrogens (tertiary/aromatic N) is 1. The van der Waals surface area contributed by atoms with Crippen LogP contribution in [0.25, 0.3) is 0 Å². The standard InChI is InChI=1S/C18H16BrClN2O3/c1-25-16-6-5-13(20)9-15(16)21-18(24)11-7-17(23)22(10-11)14-4-2-3-12(19)8-14/h2-6,8-9,11H,7,10H2,1H3,(H,21,24). The van der Waals surface area contributed by atoms with E-state index in [0.717, 1.165) is 10.2 Å². The van der Waals surface area contributed by atoms with Crippen LogP contribution in [0.3, 0.4) is 0 Å². The molecule has 1 saturated heterocycles. The summed E-state index contributed by atoms with van der Waals surface area (Å²) in [5.74, 6) is -0.219. The number of ether oxygens (including phenoxy) is 1. The minimum absolute atomic E-state index is 0.0729. The first-order valence-corrected chi connectivity index (χ1v) is 8.85. The van der Waals surface area contributed by atoms with Crippen LogP contribution in [0.5, 0.6) is 5.75 Å². The zero-order chi connectivity index (χ0) is 18.0. The zero-order valence-corrected chi connectivity index (χ0v) is 15.8. The topological polar surface area (TPSA) is 58.6 Å². The van der Waals surface area contributed by atoms with Gasteiger partial charge in [-0.3, -0.25) is 9.59 Å². The Hall–Kier alpha value is -2.05. The van der Waals surface area contributed by atoms with E-state index in [1.807, 2.05) is 24.3 Å². The monoisotopic (exact) mass is 422 g/mol. The van der Waals surface area contributed by atoms with Gasteiger partial charge < -0.3 is 15.0 Å². The van der Waals surface area contributed by atoms with E-state index in [1.54, 1.807) is 23.1 Å². The minimum atomic E-state index is -0.435. The van der Waals surface area contributed by atoms with Crippen molar-refractivity contribution in [2.24, 2.45) is 5.92 Å². The molecule has 0 bridgehead atoms. The molecular weight excluding hydrogens is 408 g/mol. The highest BCUT2D eigenvalue weighted by molar-refractivity contribution is 9.10. The number of nitrogens with one attached hydrogen (secondary N) is 1. The maximum absolute atomic E-state index is 12.6. The Labute approximate surface area is 159 Å². The lowest BCUT2D eigenvalue weighted by Crippen LogP contribution is -2.28. The molecule has 1 N–H and O–H groups in total. The smallest absolute Gasteiger partial charge is 0.229 e. The Morgan fingerprint density at radius 1 is 1.32 bits per heavy atom. The molecule has 2 amide bonds. The highest BCUT2D eigenvalue weighted by Gasteiger charge is 2.35. The maximum Gasteiger partial charge on any atom is 0.229 e. The fourth-order valence-electron chi connectivity index (χ4n) is 2.79. The Bertz CT molecular complexity index is 828. The second-order valence-corrected chi connectivity index (χ2v) is 7.07. The molecule has 1 heterocycles. The third kappa shape index (κ3) is 3.96. The van der Waals surface area contributed by atoms with Gasteiger partial charge in [0.15, 0.2) is 0 Å². The largest absolute Gasteiger partial charge is 0.495 e. The molecule has 2 aromatic rings. The van der Waals surface area contributed by atoms with Gasteiger partial charge in [0.2, 0.25) is 11.8 Å². The summed E-state index contributed by atoms with van der Waals surface area (Å²) in [5.41, 5.74) is 1.27. The van der Waals surface area contributed by atoms with Crippen LogP contribution in [0.4, 0.5) is 11.4 Å². The van der Waals surface area contributed by atoms with Gasteiger partial charge in [0.25, 0.3) is 0 Å². The van der Waals surface area contributed by atoms with Crippen molar-refractivity contribution in [2.75, 3.05) is 23.9 Å². The molecule has 5 nitrogen and oxygen atoms in total. The van der Waals surface area contributed by atoms with Gasteiger partial charge in [-0.25, -0.2) is 0 Å². The summed E-state index contributed by atoms with van der Waals surface area (Å²) in [5, 5.41) is 3.31. The van der Waals surface area contributed by atoms with Crippen LogP contribution >= 0.6 is 27.5 Å². The number of benzene rings is 2. The first kappa shape index (κ1) is 17.8. The third-order valence-electron chi connectivity index (χ3n) is 4.04. The lowest BCUT2D eigenvalue weighted by Gasteiger charge is -2.17. The molecule has 2 aromatic carbocycles. The van der Waals surface area contributed by atoms with Crippen molar-refractivity contribution in [1.82, 2.24) is 0 Å². The summed E-state index contributed by atoms with van der Waals surface area (Å²) in [6, 6.07) is 12.5. The van der Waals surface area contributed by atoms with E-state index in [4.69, 9.17) is 16.3 Å². The van der Waals surface area contributed by atoms with Gasteiger partial charge in [-0.05, 0) is 36.4 Å². The Morgan fingerprint density at radius 3 is 2.84 bits per heavy atom. The van der Waals surface area contributed by atoms with Crippen molar-refractivity contribution in [3.63, 3.8) is 0 Å². The number of methoxy groups -OCH3 is 1. The van der Waals surface area contributed by atoms with E-state index in [9.17, 15) is 9.59 Å². The number of rotatable bonds is 4. The predicted molar refractivity (Wildman–Crippen MR) is 101 cm³/mol. The van der Waals surface area contributed by atoms with Crippen LogP contribution in [-0.4, -0.2) is 25.5 Å². The normalized spacial score (nSPS) is 16.8. The fourth-order valence-corrected chi connectivity index (χ4v) is 3.35. The van der Waals surface area contributed by atoms with Gasteiger partial charge in [-0.1, -0.05) is 33.6 Å². The molecule has 3 rings (SSSR count). The number of halogens is 2. The molecule has 1 fully saturated rings. The van der Waals surface area contributed by atoms with Crippen LogP contribution in [-0.2, 0) is 9.59 Å². The Kier molecular flexibility index (Phi) is 5.30. The van der Waals surface area contributed by atoms with Gasteiger partial charge in [0.1, 0.15) is 5.75 Å². The Morgan fingerprint density at radius 2 is 2.12 bits per heavy atom. The number of carbonyl (C=O) groups is 2. The van der Waals surface area contributed by atoms with Crippen LogP contribution in [0.15, 0.2) is 46.9 Å². The molecule has 1 unspecified atom stereocenters. The van der Waals surface area contributed by atoms with E-state index in [0.29, 0.717) is 23.0 Å². The second kappa shape index (κ2) is 7.45. The van der Waals surface area contributed by atoms with Crippen molar-refractivity contribution in [2.45, 2.75) is 6.42 Å². The highest BCUT2D eigenvalue weighted by Crippen LogP contribution is 2.31. The summed E-state index contributed by atoms with van der Waals surface area (Å²) in [6.45, 7) is 0.337.